The fourth-order valence-electron chi connectivity index (χ4n) is 5.21. The highest BCUT2D eigenvalue weighted by Gasteiger charge is 2.36. The fourth-order valence-corrected chi connectivity index (χ4v) is 5.73. The van der Waals surface area contributed by atoms with Crippen molar-refractivity contribution in [2.24, 2.45) is 0 Å². The molecule has 4 aromatic rings. The van der Waals surface area contributed by atoms with Gasteiger partial charge in [0.2, 0.25) is 11.8 Å². The predicted molar refractivity (Wildman–Crippen MR) is 164 cm³/mol. The molecule has 8 heteroatoms. The lowest BCUT2D eigenvalue weighted by atomic mass is 10.0. The van der Waals surface area contributed by atoms with Crippen LogP contribution in [0, 0.1) is 0 Å². The normalized spacial score (nSPS) is 13.8. The number of rotatable bonds is 10. The molecule has 0 radical (unpaired) electrons. The van der Waals surface area contributed by atoms with Crippen LogP contribution in [-0.2, 0) is 22.6 Å². The van der Waals surface area contributed by atoms with E-state index in [1.165, 1.54) is 9.80 Å². The topological polar surface area (TPSA) is 69.7 Å². The number of carbonyl (C=O) groups excluding carboxylic acids is 3. The van der Waals surface area contributed by atoms with Crippen LogP contribution < -0.4 is 10.2 Å². The van der Waals surface area contributed by atoms with E-state index in [2.05, 4.69) is 5.32 Å². The molecule has 0 unspecified atom stereocenters. The monoisotopic (exact) mass is 587 g/mol. The zero-order valence-electron chi connectivity index (χ0n) is 22.9. The van der Waals surface area contributed by atoms with Crippen LogP contribution in [0.3, 0.4) is 0 Å². The van der Waals surface area contributed by atoms with Gasteiger partial charge in [0.15, 0.2) is 0 Å². The summed E-state index contributed by atoms with van der Waals surface area (Å²) in [5.41, 5.74) is 2.67. The molecular weight excluding hydrogens is 557 g/mol. The number of anilines is 1. The molecule has 0 aliphatic carbocycles. The molecule has 0 bridgehead atoms. The highest BCUT2D eigenvalue weighted by atomic mass is 35.5. The molecule has 0 saturated carbocycles. The van der Waals surface area contributed by atoms with E-state index in [1.807, 2.05) is 74.5 Å². The fraction of sp³-hybridized carbons (Fsp3) is 0.242. The van der Waals surface area contributed by atoms with Crippen molar-refractivity contribution in [1.82, 2.24) is 10.2 Å². The van der Waals surface area contributed by atoms with Gasteiger partial charge in [-0.15, -0.1) is 0 Å². The molecule has 0 aromatic heterocycles. The second-order valence-electron chi connectivity index (χ2n) is 10.3. The molecular formula is C33H31Cl2N3O3. The quantitative estimate of drug-likeness (QED) is 0.225. The first kappa shape index (κ1) is 28.7. The lowest BCUT2D eigenvalue weighted by molar-refractivity contribution is -0.140. The number of halogens is 2. The third-order valence-electron chi connectivity index (χ3n) is 7.60. The van der Waals surface area contributed by atoms with Crippen molar-refractivity contribution in [3.8, 4) is 0 Å². The Labute approximate surface area is 249 Å². The molecule has 1 N–H and O–H groups in total. The van der Waals surface area contributed by atoms with E-state index in [9.17, 15) is 14.4 Å². The second kappa shape index (κ2) is 12.3. The molecule has 1 heterocycles. The molecule has 0 spiro atoms. The van der Waals surface area contributed by atoms with Crippen LogP contribution in [-0.4, -0.2) is 41.2 Å². The number of nitrogens with one attached hydrogen (secondary N) is 1. The molecule has 41 heavy (non-hydrogen) atoms. The largest absolute Gasteiger partial charge is 0.352 e. The third-order valence-corrected chi connectivity index (χ3v) is 8.31. The number of hydrogen-bond acceptors (Lipinski definition) is 3. The zero-order valence-corrected chi connectivity index (χ0v) is 24.5. The summed E-state index contributed by atoms with van der Waals surface area (Å²) in [6.07, 6.45) is 1.01. The molecule has 0 saturated heterocycles. The van der Waals surface area contributed by atoms with E-state index in [4.69, 9.17) is 23.2 Å². The smallest absolute Gasteiger partial charge is 0.259 e. The highest BCUT2D eigenvalue weighted by Crippen LogP contribution is 2.37. The second-order valence-corrected chi connectivity index (χ2v) is 11.1. The number of carbonyl (C=O) groups is 3. The minimum absolute atomic E-state index is 0.00193. The van der Waals surface area contributed by atoms with Gasteiger partial charge in [-0.1, -0.05) is 90.8 Å². The van der Waals surface area contributed by atoms with Gasteiger partial charge in [-0.3, -0.25) is 19.3 Å². The Balaban J connectivity index is 1.54. The Morgan fingerprint density at radius 1 is 0.902 bits per heavy atom. The molecule has 3 amide bonds. The van der Waals surface area contributed by atoms with Crippen LogP contribution in [0.25, 0.3) is 10.8 Å². The molecule has 210 valence electrons. The van der Waals surface area contributed by atoms with Crippen molar-refractivity contribution in [2.75, 3.05) is 11.4 Å². The molecule has 5 rings (SSSR count). The van der Waals surface area contributed by atoms with E-state index in [0.717, 1.165) is 22.8 Å². The van der Waals surface area contributed by atoms with Crippen molar-refractivity contribution in [3.05, 3.63) is 112 Å². The van der Waals surface area contributed by atoms with Gasteiger partial charge in [0, 0.05) is 45.6 Å². The summed E-state index contributed by atoms with van der Waals surface area (Å²) < 4.78 is 0. The van der Waals surface area contributed by atoms with Crippen LogP contribution in [0.4, 0.5) is 5.69 Å². The lowest BCUT2D eigenvalue weighted by Crippen LogP contribution is -2.54. The SMILES string of the molecule is CC[C@H](C)NC(=O)[C@@H](Cc1ccccc1)N(Cc1c(Cl)cccc1Cl)C(=O)CN1C(=O)c2cccc3cccc1c23. The van der Waals surface area contributed by atoms with Gasteiger partial charge in [-0.05, 0) is 48.6 Å². The van der Waals surface area contributed by atoms with Gasteiger partial charge in [0.1, 0.15) is 12.6 Å². The van der Waals surface area contributed by atoms with Gasteiger partial charge < -0.3 is 10.2 Å². The number of hydrogen-bond donors (Lipinski definition) is 1. The maximum absolute atomic E-state index is 14.3. The van der Waals surface area contributed by atoms with Crippen molar-refractivity contribution < 1.29 is 14.4 Å². The summed E-state index contributed by atoms with van der Waals surface area (Å²) in [4.78, 5) is 44.6. The Morgan fingerprint density at radius 2 is 1.56 bits per heavy atom. The van der Waals surface area contributed by atoms with E-state index in [1.54, 1.807) is 24.3 Å². The number of benzene rings is 4. The Hall–Kier alpha value is -3.87. The van der Waals surface area contributed by atoms with Crippen LogP contribution in [0.1, 0.15) is 41.8 Å². The Morgan fingerprint density at radius 3 is 2.24 bits per heavy atom. The van der Waals surface area contributed by atoms with Crippen LogP contribution in [0.5, 0.6) is 0 Å². The van der Waals surface area contributed by atoms with Crippen LogP contribution >= 0.6 is 23.2 Å². The van der Waals surface area contributed by atoms with Crippen molar-refractivity contribution in [3.63, 3.8) is 0 Å². The first-order valence-corrected chi connectivity index (χ1v) is 14.4. The molecule has 0 fully saturated rings. The van der Waals surface area contributed by atoms with Crippen molar-refractivity contribution >= 4 is 57.4 Å². The van der Waals surface area contributed by atoms with Gasteiger partial charge >= 0.3 is 0 Å². The van der Waals surface area contributed by atoms with Gasteiger partial charge in [-0.2, -0.15) is 0 Å². The molecule has 1 aliphatic heterocycles. The summed E-state index contributed by atoms with van der Waals surface area (Å²) in [7, 11) is 0. The van der Waals surface area contributed by atoms with E-state index < -0.39 is 6.04 Å². The van der Waals surface area contributed by atoms with E-state index >= 15 is 0 Å². The third kappa shape index (κ3) is 5.95. The van der Waals surface area contributed by atoms with Crippen molar-refractivity contribution in [1.29, 1.82) is 0 Å². The van der Waals surface area contributed by atoms with Crippen molar-refractivity contribution in [2.45, 2.75) is 45.3 Å². The first-order chi connectivity index (χ1) is 19.8. The maximum atomic E-state index is 14.3. The minimum atomic E-state index is -0.873. The Kier molecular flexibility index (Phi) is 8.62. The number of amides is 3. The molecule has 2 atom stereocenters. The average Bonchev–Trinajstić information content (AvgIpc) is 3.24. The predicted octanol–water partition coefficient (Wildman–Crippen LogP) is 6.66. The van der Waals surface area contributed by atoms with Gasteiger partial charge in [-0.25, -0.2) is 0 Å². The van der Waals surface area contributed by atoms with Gasteiger partial charge in [0.05, 0.1) is 5.69 Å². The molecule has 6 nitrogen and oxygen atoms in total. The summed E-state index contributed by atoms with van der Waals surface area (Å²) in [5.74, 6) is -0.915. The van der Waals surface area contributed by atoms with Gasteiger partial charge in [0.25, 0.3) is 5.91 Å². The number of nitrogens with zero attached hydrogens (tertiary/aromatic N) is 2. The van der Waals surface area contributed by atoms with Crippen LogP contribution in [0.15, 0.2) is 84.9 Å². The maximum Gasteiger partial charge on any atom is 0.259 e. The summed E-state index contributed by atoms with van der Waals surface area (Å²) in [5, 5.41) is 5.59. The Bertz CT molecular complexity index is 1580. The summed E-state index contributed by atoms with van der Waals surface area (Å²) in [6.45, 7) is 3.68. The first-order valence-electron chi connectivity index (χ1n) is 13.7. The summed E-state index contributed by atoms with van der Waals surface area (Å²) >= 11 is 13.1. The van der Waals surface area contributed by atoms with Crippen LogP contribution in [0.2, 0.25) is 10.0 Å². The average molecular weight is 589 g/mol. The van der Waals surface area contributed by atoms with E-state index in [0.29, 0.717) is 26.9 Å². The molecule has 4 aromatic carbocycles. The standard InChI is InChI=1S/C33H31Cl2N3O3/c1-3-21(2)36-32(40)29(18-22-10-5-4-6-11-22)37(19-25-26(34)15-9-16-27(25)35)30(39)20-38-28-17-8-13-23-12-7-14-24(31(23)28)33(38)41/h4-17,21,29H,3,18-20H2,1-2H3,(H,36,40)/t21-,29+/m0/s1. The minimum Gasteiger partial charge on any atom is -0.352 e. The molecule has 1 aliphatic rings. The summed E-state index contributed by atoms with van der Waals surface area (Å²) in [6, 6.07) is 25.0. The zero-order chi connectivity index (χ0) is 29.1. The van der Waals surface area contributed by atoms with E-state index in [-0.39, 0.29) is 43.3 Å². The highest BCUT2D eigenvalue weighted by molar-refractivity contribution is 6.36. The lowest BCUT2D eigenvalue weighted by Gasteiger charge is -2.34.